The van der Waals surface area contributed by atoms with Crippen LogP contribution < -0.4 is 4.74 Å². The zero-order valence-electron chi connectivity index (χ0n) is 8.38. The second-order valence-electron chi connectivity index (χ2n) is 3.63. The van der Waals surface area contributed by atoms with Crippen LogP contribution in [0.15, 0.2) is 12.4 Å². The number of carbonyl (C=O) groups is 1. The SMILES string of the molecule is COc1ncc(C2CCC2C(=O)O)cn1. The molecule has 0 aromatic carbocycles. The monoisotopic (exact) mass is 208 g/mol. The summed E-state index contributed by atoms with van der Waals surface area (Å²) in [6.07, 6.45) is 4.93. The Morgan fingerprint density at radius 2 is 2.13 bits per heavy atom. The van der Waals surface area contributed by atoms with Gasteiger partial charge < -0.3 is 9.84 Å². The Bertz CT molecular complexity index is 363. The number of aromatic nitrogens is 2. The predicted molar refractivity (Wildman–Crippen MR) is 51.7 cm³/mol. The molecule has 0 amide bonds. The van der Waals surface area contributed by atoms with Gasteiger partial charge in [-0.2, -0.15) is 0 Å². The average molecular weight is 208 g/mol. The van der Waals surface area contributed by atoms with Gasteiger partial charge in [0.25, 0.3) is 0 Å². The van der Waals surface area contributed by atoms with Gasteiger partial charge in [-0.15, -0.1) is 0 Å². The smallest absolute Gasteiger partial charge is 0.316 e. The van der Waals surface area contributed by atoms with E-state index >= 15 is 0 Å². The number of carboxylic acid groups (broad SMARTS) is 1. The molecule has 1 aliphatic rings. The van der Waals surface area contributed by atoms with E-state index in [1.807, 2.05) is 0 Å². The van der Waals surface area contributed by atoms with Crippen LogP contribution in [0.5, 0.6) is 6.01 Å². The van der Waals surface area contributed by atoms with Gasteiger partial charge in [0.05, 0.1) is 13.0 Å². The minimum absolute atomic E-state index is 0.0633. The van der Waals surface area contributed by atoms with Crippen LogP contribution in [0.2, 0.25) is 0 Å². The Labute approximate surface area is 87.1 Å². The molecule has 2 rings (SSSR count). The number of methoxy groups -OCH3 is 1. The van der Waals surface area contributed by atoms with Crippen molar-refractivity contribution in [3.63, 3.8) is 0 Å². The molecule has 1 saturated carbocycles. The lowest BCUT2D eigenvalue weighted by Crippen LogP contribution is -2.31. The van der Waals surface area contributed by atoms with Crippen LogP contribution in [0.25, 0.3) is 0 Å². The summed E-state index contributed by atoms with van der Waals surface area (Å²) in [5.41, 5.74) is 0.884. The molecule has 0 saturated heterocycles. The molecule has 0 radical (unpaired) electrons. The molecule has 1 aliphatic carbocycles. The summed E-state index contributed by atoms with van der Waals surface area (Å²) in [4.78, 5) is 18.8. The van der Waals surface area contributed by atoms with Crippen molar-refractivity contribution < 1.29 is 14.6 Å². The first-order valence-corrected chi connectivity index (χ1v) is 4.81. The molecule has 15 heavy (non-hydrogen) atoms. The number of nitrogens with zero attached hydrogens (tertiary/aromatic N) is 2. The second kappa shape index (κ2) is 3.84. The number of rotatable bonds is 3. The summed E-state index contributed by atoms with van der Waals surface area (Å²) in [5, 5.41) is 8.90. The van der Waals surface area contributed by atoms with Gasteiger partial charge in [0.1, 0.15) is 0 Å². The first-order chi connectivity index (χ1) is 7.22. The summed E-state index contributed by atoms with van der Waals surface area (Å²) in [5.74, 6) is -0.947. The number of aliphatic carboxylic acids is 1. The van der Waals surface area contributed by atoms with Gasteiger partial charge in [-0.3, -0.25) is 4.79 Å². The minimum Gasteiger partial charge on any atom is -0.481 e. The van der Waals surface area contributed by atoms with E-state index in [1.54, 1.807) is 12.4 Å². The highest BCUT2D eigenvalue weighted by Gasteiger charge is 2.37. The van der Waals surface area contributed by atoms with E-state index in [-0.39, 0.29) is 11.8 Å². The Hall–Kier alpha value is -1.65. The maximum Gasteiger partial charge on any atom is 0.316 e. The Balaban J connectivity index is 2.13. The van der Waals surface area contributed by atoms with Gasteiger partial charge >= 0.3 is 12.0 Å². The van der Waals surface area contributed by atoms with Gasteiger partial charge in [-0.1, -0.05) is 0 Å². The van der Waals surface area contributed by atoms with Crippen LogP contribution in [0.4, 0.5) is 0 Å². The van der Waals surface area contributed by atoms with Crippen molar-refractivity contribution in [2.45, 2.75) is 18.8 Å². The lowest BCUT2D eigenvalue weighted by molar-refractivity contribution is -0.145. The van der Waals surface area contributed by atoms with E-state index in [0.29, 0.717) is 6.01 Å². The molecule has 5 nitrogen and oxygen atoms in total. The Morgan fingerprint density at radius 1 is 1.47 bits per heavy atom. The van der Waals surface area contributed by atoms with E-state index in [9.17, 15) is 4.79 Å². The quantitative estimate of drug-likeness (QED) is 0.804. The number of carboxylic acids is 1. The Morgan fingerprint density at radius 3 is 2.53 bits per heavy atom. The molecule has 1 heterocycles. The molecular weight excluding hydrogens is 196 g/mol. The van der Waals surface area contributed by atoms with E-state index < -0.39 is 5.97 Å². The third kappa shape index (κ3) is 1.77. The molecule has 5 heteroatoms. The molecule has 2 atom stereocenters. The third-order valence-electron chi connectivity index (χ3n) is 2.85. The van der Waals surface area contributed by atoms with Crippen molar-refractivity contribution in [3.8, 4) is 6.01 Å². The van der Waals surface area contributed by atoms with Crippen LogP contribution >= 0.6 is 0 Å². The van der Waals surface area contributed by atoms with Crippen LogP contribution in [0.3, 0.4) is 0 Å². The van der Waals surface area contributed by atoms with Gasteiger partial charge in [0, 0.05) is 18.3 Å². The zero-order valence-corrected chi connectivity index (χ0v) is 8.38. The molecular formula is C10H12N2O3. The topological polar surface area (TPSA) is 72.3 Å². The fourth-order valence-corrected chi connectivity index (χ4v) is 1.82. The van der Waals surface area contributed by atoms with Gasteiger partial charge in [-0.05, 0) is 18.4 Å². The number of hydrogen-bond donors (Lipinski definition) is 1. The van der Waals surface area contributed by atoms with E-state index in [4.69, 9.17) is 9.84 Å². The fourth-order valence-electron chi connectivity index (χ4n) is 1.82. The van der Waals surface area contributed by atoms with Crippen LogP contribution in [0.1, 0.15) is 24.3 Å². The second-order valence-corrected chi connectivity index (χ2v) is 3.63. The molecule has 1 N–H and O–H groups in total. The summed E-state index contributed by atoms with van der Waals surface area (Å²) in [6.45, 7) is 0. The van der Waals surface area contributed by atoms with Crippen molar-refractivity contribution >= 4 is 5.97 Å². The predicted octanol–water partition coefficient (Wildman–Crippen LogP) is 1.06. The largest absolute Gasteiger partial charge is 0.481 e. The number of hydrogen-bond acceptors (Lipinski definition) is 4. The molecule has 1 aromatic heterocycles. The highest BCUT2D eigenvalue weighted by Crippen LogP contribution is 2.42. The van der Waals surface area contributed by atoms with E-state index in [0.717, 1.165) is 18.4 Å². The van der Waals surface area contributed by atoms with E-state index in [2.05, 4.69) is 9.97 Å². The lowest BCUT2D eigenvalue weighted by Gasteiger charge is -2.33. The molecule has 2 unspecified atom stereocenters. The summed E-state index contributed by atoms with van der Waals surface area (Å²) in [7, 11) is 1.50. The molecule has 1 aromatic rings. The third-order valence-corrected chi connectivity index (χ3v) is 2.85. The van der Waals surface area contributed by atoms with Crippen molar-refractivity contribution in [2.24, 2.45) is 5.92 Å². The van der Waals surface area contributed by atoms with Crippen molar-refractivity contribution in [1.29, 1.82) is 0 Å². The van der Waals surface area contributed by atoms with Crippen molar-refractivity contribution in [2.75, 3.05) is 7.11 Å². The first kappa shape index (κ1) is 9.89. The molecule has 0 spiro atoms. The summed E-state index contributed by atoms with van der Waals surface area (Å²) < 4.78 is 4.84. The average Bonchev–Trinajstić information content (AvgIpc) is 2.16. The van der Waals surface area contributed by atoms with Crippen LogP contribution in [0, 0.1) is 5.92 Å². The van der Waals surface area contributed by atoms with Gasteiger partial charge in [0.2, 0.25) is 0 Å². The van der Waals surface area contributed by atoms with Crippen LogP contribution in [-0.4, -0.2) is 28.2 Å². The normalized spacial score (nSPS) is 24.3. The first-order valence-electron chi connectivity index (χ1n) is 4.81. The molecule has 1 fully saturated rings. The highest BCUT2D eigenvalue weighted by atomic mass is 16.5. The molecule has 0 bridgehead atoms. The minimum atomic E-state index is -0.734. The van der Waals surface area contributed by atoms with Crippen molar-refractivity contribution in [1.82, 2.24) is 9.97 Å². The zero-order chi connectivity index (χ0) is 10.8. The van der Waals surface area contributed by atoms with E-state index in [1.165, 1.54) is 7.11 Å². The number of ether oxygens (including phenoxy) is 1. The van der Waals surface area contributed by atoms with Crippen molar-refractivity contribution in [3.05, 3.63) is 18.0 Å². The van der Waals surface area contributed by atoms with Gasteiger partial charge in [0.15, 0.2) is 0 Å². The maximum atomic E-state index is 10.8. The highest BCUT2D eigenvalue weighted by molar-refractivity contribution is 5.72. The molecule has 80 valence electrons. The Kier molecular flexibility index (Phi) is 2.53. The summed E-state index contributed by atoms with van der Waals surface area (Å²) in [6, 6.07) is 0.310. The summed E-state index contributed by atoms with van der Waals surface area (Å²) >= 11 is 0. The molecule has 0 aliphatic heterocycles. The standard InChI is InChI=1S/C10H12N2O3/c1-15-10-11-4-6(5-12-10)7-2-3-8(7)9(13)14/h4-5,7-8H,2-3H2,1H3,(H,13,14). The fraction of sp³-hybridized carbons (Fsp3) is 0.500. The van der Waals surface area contributed by atoms with Gasteiger partial charge in [-0.25, -0.2) is 9.97 Å². The maximum absolute atomic E-state index is 10.8. The lowest BCUT2D eigenvalue weighted by atomic mass is 9.71. The van der Waals surface area contributed by atoms with Crippen LogP contribution in [-0.2, 0) is 4.79 Å².